The lowest BCUT2D eigenvalue weighted by molar-refractivity contribution is 0.0551. The lowest BCUT2D eigenvalue weighted by atomic mass is 9.96. The molecule has 0 saturated carbocycles. The van der Waals surface area contributed by atoms with Crippen molar-refractivity contribution in [3.05, 3.63) is 34.4 Å². The Kier molecular flexibility index (Phi) is 4.63. The Bertz CT molecular complexity index is 656. The number of methoxy groups -OCH3 is 1. The Labute approximate surface area is 131 Å². The molecule has 0 saturated heterocycles. The van der Waals surface area contributed by atoms with Crippen LogP contribution in [0.15, 0.2) is 10.5 Å². The Hall–Kier alpha value is -1.79. The van der Waals surface area contributed by atoms with Gasteiger partial charge in [-0.2, -0.15) is 5.10 Å². The minimum absolute atomic E-state index is 0.407. The van der Waals surface area contributed by atoms with Gasteiger partial charge in [-0.3, -0.25) is 0 Å². The molecule has 0 aliphatic carbocycles. The number of nitrogens with one attached hydrogen (secondary N) is 1. The first-order valence-electron chi connectivity index (χ1n) is 7.33. The molecular formula is C16H25N3O3. The van der Waals surface area contributed by atoms with Crippen molar-refractivity contribution < 1.29 is 14.3 Å². The van der Waals surface area contributed by atoms with Crippen LogP contribution in [0.4, 0.5) is 0 Å². The van der Waals surface area contributed by atoms with Crippen molar-refractivity contribution in [2.24, 2.45) is 7.05 Å². The van der Waals surface area contributed by atoms with Gasteiger partial charge in [-0.15, -0.1) is 0 Å². The van der Waals surface area contributed by atoms with Gasteiger partial charge in [0.25, 0.3) is 0 Å². The van der Waals surface area contributed by atoms with Crippen LogP contribution in [0.2, 0.25) is 0 Å². The van der Waals surface area contributed by atoms with E-state index in [1.807, 2.05) is 33.9 Å². The van der Waals surface area contributed by atoms with Crippen molar-refractivity contribution in [1.29, 1.82) is 0 Å². The summed E-state index contributed by atoms with van der Waals surface area (Å²) in [7, 11) is 3.48. The number of aliphatic hydroxyl groups is 1. The van der Waals surface area contributed by atoms with Gasteiger partial charge in [0, 0.05) is 25.7 Å². The van der Waals surface area contributed by atoms with E-state index in [2.05, 4.69) is 10.4 Å². The second-order valence-electron chi connectivity index (χ2n) is 5.90. The Morgan fingerprint density at radius 1 is 1.41 bits per heavy atom. The average molecular weight is 307 g/mol. The molecule has 0 aromatic carbocycles. The van der Waals surface area contributed by atoms with E-state index in [4.69, 9.17) is 9.15 Å². The van der Waals surface area contributed by atoms with E-state index < -0.39 is 5.60 Å². The number of hydrogen-bond acceptors (Lipinski definition) is 5. The van der Waals surface area contributed by atoms with E-state index in [-0.39, 0.29) is 0 Å². The number of nitrogens with zero attached hydrogens (tertiary/aromatic N) is 2. The second kappa shape index (κ2) is 6.14. The first kappa shape index (κ1) is 16.6. The molecule has 2 heterocycles. The first-order valence-corrected chi connectivity index (χ1v) is 7.33. The fourth-order valence-electron chi connectivity index (χ4n) is 2.83. The van der Waals surface area contributed by atoms with Crippen LogP contribution in [-0.4, -0.2) is 28.5 Å². The summed E-state index contributed by atoms with van der Waals surface area (Å²) in [5, 5.41) is 18.3. The Morgan fingerprint density at radius 3 is 2.64 bits per heavy atom. The number of aromatic nitrogens is 2. The van der Waals surface area contributed by atoms with Crippen molar-refractivity contribution in [3.63, 3.8) is 0 Å². The van der Waals surface area contributed by atoms with Gasteiger partial charge in [-0.1, -0.05) is 0 Å². The maximum absolute atomic E-state index is 10.7. The highest BCUT2D eigenvalue weighted by molar-refractivity contribution is 5.31. The highest BCUT2D eigenvalue weighted by Crippen LogP contribution is 2.27. The van der Waals surface area contributed by atoms with Crippen molar-refractivity contribution in [1.82, 2.24) is 15.1 Å². The van der Waals surface area contributed by atoms with Crippen molar-refractivity contribution in [3.8, 4) is 5.88 Å². The first-order chi connectivity index (χ1) is 10.3. The zero-order valence-corrected chi connectivity index (χ0v) is 14.1. The molecule has 2 rings (SSSR count). The predicted molar refractivity (Wildman–Crippen MR) is 84.0 cm³/mol. The number of furan rings is 1. The van der Waals surface area contributed by atoms with Gasteiger partial charge in [0.15, 0.2) is 0 Å². The monoisotopic (exact) mass is 307 g/mol. The third kappa shape index (κ3) is 3.18. The standard InChI is InChI=1S/C16H25N3O3/c1-10-7-14(12(3)22-10)16(4,20)9-17-8-13-11(2)18-19(5)15(13)21-6/h7,17,20H,8-9H2,1-6H3. The SMILES string of the molecule is COc1c(CNCC(C)(O)c2cc(C)oc2C)c(C)nn1C. The molecule has 2 aromatic heterocycles. The summed E-state index contributed by atoms with van der Waals surface area (Å²) >= 11 is 0. The van der Waals surface area contributed by atoms with Gasteiger partial charge in [-0.05, 0) is 33.8 Å². The molecule has 0 spiro atoms. The molecule has 122 valence electrons. The quantitative estimate of drug-likeness (QED) is 0.853. The molecule has 0 aliphatic rings. The molecular weight excluding hydrogens is 282 g/mol. The van der Waals surface area contributed by atoms with E-state index >= 15 is 0 Å². The maximum atomic E-state index is 10.7. The zero-order valence-electron chi connectivity index (χ0n) is 14.1. The largest absolute Gasteiger partial charge is 0.481 e. The summed E-state index contributed by atoms with van der Waals surface area (Å²) in [6, 6.07) is 1.88. The number of rotatable bonds is 6. The van der Waals surface area contributed by atoms with Crippen molar-refractivity contribution in [2.45, 2.75) is 39.8 Å². The van der Waals surface area contributed by atoms with E-state index in [1.165, 1.54) is 0 Å². The summed E-state index contributed by atoms with van der Waals surface area (Å²) in [4.78, 5) is 0. The summed E-state index contributed by atoms with van der Waals surface area (Å²) in [6.45, 7) is 8.46. The van der Waals surface area contributed by atoms with Gasteiger partial charge in [0.2, 0.25) is 5.88 Å². The minimum atomic E-state index is -0.995. The molecule has 1 atom stereocenters. The highest BCUT2D eigenvalue weighted by Gasteiger charge is 2.27. The minimum Gasteiger partial charge on any atom is -0.481 e. The molecule has 0 bridgehead atoms. The molecule has 2 N–H and O–H groups in total. The van der Waals surface area contributed by atoms with Crippen LogP contribution in [0.3, 0.4) is 0 Å². The lowest BCUT2D eigenvalue weighted by Gasteiger charge is -2.23. The predicted octanol–water partition coefficient (Wildman–Crippen LogP) is 1.94. The van der Waals surface area contributed by atoms with Gasteiger partial charge in [0.1, 0.15) is 17.1 Å². The fourth-order valence-corrected chi connectivity index (χ4v) is 2.83. The summed E-state index contributed by atoms with van der Waals surface area (Å²) in [5.74, 6) is 2.29. The van der Waals surface area contributed by atoms with E-state index in [9.17, 15) is 5.11 Å². The van der Waals surface area contributed by atoms with Crippen LogP contribution < -0.4 is 10.1 Å². The highest BCUT2D eigenvalue weighted by atomic mass is 16.5. The van der Waals surface area contributed by atoms with Crippen molar-refractivity contribution >= 4 is 0 Å². The molecule has 22 heavy (non-hydrogen) atoms. The smallest absolute Gasteiger partial charge is 0.216 e. The summed E-state index contributed by atoms with van der Waals surface area (Å²) in [5.41, 5.74) is 1.74. The lowest BCUT2D eigenvalue weighted by Crippen LogP contribution is -2.35. The molecule has 1 unspecified atom stereocenters. The van der Waals surface area contributed by atoms with Crippen LogP contribution >= 0.6 is 0 Å². The number of hydrogen-bond donors (Lipinski definition) is 2. The third-order valence-corrected chi connectivity index (χ3v) is 3.87. The maximum Gasteiger partial charge on any atom is 0.216 e. The molecule has 0 radical (unpaired) electrons. The Morgan fingerprint density at radius 2 is 2.09 bits per heavy atom. The van der Waals surface area contributed by atoms with Crippen LogP contribution in [0.25, 0.3) is 0 Å². The van der Waals surface area contributed by atoms with Crippen LogP contribution in [0.1, 0.15) is 35.3 Å². The van der Waals surface area contributed by atoms with Gasteiger partial charge >= 0.3 is 0 Å². The molecule has 6 heteroatoms. The summed E-state index contributed by atoms with van der Waals surface area (Å²) in [6.07, 6.45) is 0. The van der Waals surface area contributed by atoms with Gasteiger partial charge in [-0.25, -0.2) is 4.68 Å². The van der Waals surface area contributed by atoms with Crippen LogP contribution in [0.5, 0.6) is 5.88 Å². The van der Waals surface area contributed by atoms with Gasteiger partial charge < -0.3 is 19.6 Å². The third-order valence-electron chi connectivity index (χ3n) is 3.87. The fraction of sp³-hybridized carbons (Fsp3) is 0.562. The molecule has 6 nitrogen and oxygen atoms in total. The zero-order chi connectivity index (χ0) is 16.5. The van der Waals surface area contributed by atoms with E-state index in [0.717, 1.165) is 34.2 Å². The topological polar surface area (TPSA) is 72.4 Å². The van der Waals surface area contributed by atoms with Crippen molar-refractivity contribution in [2.75, 3.05) is 13.7 Å². The molecule has 0 fully saturated rings. The average Bonchev–Trinajstić information content (AvgIpc) is 2.89. The van der Waals surface area contributed by atoms with Crippen LogP contribution in [-0.2, 0) is 19.2 Å². The van der Waals surface area contributed by atoms with E-state index in [0.29, 0.717) is 13.1 Å². The molecule has 0 aliphatic heterocycles. The number of aryl methyl sites for hydroxylation is 4. The molecule has 2 aromatic rings. The normalized spacial score (nSPS) is 14.1. The summed E-state index contributed by atoms with van der Waals surface area (Å²) < 4.78 is 12.6. The number of ether oxygens (including phenoxy) is 1. The molecule has 0 amide bonds. The Balaban J connectivity index is 2.06. The van der Waals surface area contributed by atoms with Crippen LogP contribution in [0, 0.1) is 20.8 Å². The van der Waals surface area contributed by atoms with Gasteiger partial charge in [0.05, 0.1) is 18.4 Å². The second-order valence-corrected chi connectivity index (χ2v) is 5.90. The van der Waals surface area contributed by atoms with E-state index in [1.54, 1.807) is 18.7 Å².